The Balaban J connectivity index is 1.60. The average molecular weight is 423 g/mol. The number of aryl methyl sites for hydroxylation is 1. The summed E-state index contributed by atoms with van der Waals surface area (Å²) in [6.07, 6.45) is 4.81. The van der Waals surface area contributed by atoms with E-state index in [0.29, 0.717) is 31.4 Å². The monoisotopic (exact) mass is 422 g/mol. The Morgan fingerprint density at radius 1 is 1.25 bits per heavy atom. The molecule has 1 aromatic carbocycles. The zero-order valence-electron chi connectivity index (χ0n) is 15.5. The minimum atomic E-state index is -3.52. The van der Waals surface area contributed by atoms with Crippen LogP contribution in [-0.4, -0.2) is 55.1 Å². The van der Waals surface area contributed by atoms with Gasteiger partial charge in [-0.25, -0.2) is 8.42 Å². The van der Waals surface area contributed by atoms with E-state index in [4.69, 9.17) is 4.74 Å². The zero-order valence-corrected chi connectivity index (χ0v) is 17.1. The first-order valence-electron chi connectivity index (χ1n) is 8.98. The molecule has 0 spiro atoms. The number of benzene rings is 1. The van der Waals surface area contributed by atoms with Crippen molar-refractivity contribution in [2.24, 2.45) is 0 Å². The minimum absolute atomic E-state index is 0.230. The Kier molecular flexibility index (Phi) is 6.89. The first-order valence-corrected chi connectivity index (χ1v) is 11.2. The number of aromatic nitrogens is 2. The maximum absolute atomic E-state index is 12.6. The summed E-state index contributed by atoms with van der Waals surface area (Å²) in [4.78, 5) is 12.2. The number of nitrogens with zero attached hydrogens (tertiary/aromatic N) is 3. The lowest BCUT2D eigenvalue weighted by molar-refractivity contribution is -0.111. The van der Waals surface area contributed by atoms with Gasteiger partial charge in [0.1, 0.15) is 5.01 Å². The lowest BCUT2D eigenvalue weighted by Crippen LogP contribution is -2.40. The second-order valence-corrected chi connectivity index (χ2v) is 9.16. The van der Waals surface area contributed by atoms with Crippen molar-refractivity contribution in [1.29, 1.82) is 0 Å². The van der Waals surface area contributed by atoms with E-state index < -0.39 is 10.0 Å². The first kappa shape index (κ1) is 20.6. The SMILES string of the molecule is CCCc1nnc(NC(=O)/C=C/c2ccc(S(=O)(=O)N3CCOCC3)cc2)s1. The molecule has 1 amide bonds. The number of carbonyl (C=O) groups excluding carboxylic acids is 1. The van der Waals surface area contributed by atoms with Crippen molar-refractivity contribution >= 4 is 38.5 Å². The van der Waals surface area contributed by atoms with Gasteiger partial charge in [-0.3, -0.25) is 10.1 Å². The Bertz CT molecular complexity index is 933. The number of hydrogen-bond acceptors (Lipinski definition) is 7. The van der Waals surface area contributed by atoms with E-state index in [1.807, 2.05) is 0 Å². The fourth-order valence-corrected chi connectivity index (χ4v) is 4.88. The average Bonchev–Trinajstić information content (AvgIpc) is 3.14. The molecule has 0 atom stereocenters. The highest BCUT2D eigenvalue weighted by atomic mass is 32.2. The standard InChI is InChI=1S/C18H22N4O4S2/c1-2-3-17-20-21-18(27-17)19-16(23)9-6-14-4-7-15(8-5-14)28(24,25)22-10-12-26-13-11-22/h4-9H,2-3,10-13H2,1H3,(H,19,21,23)/b9-6+. The molecule has 1 aliphatic rings. The molecule has 0 aliphatic carbocycles. The van der Waals surface area contributed by atoms with E-state index >= 15 is 0 Å². The van der Waals surface area contributed by atoms with E-state index in [0.717, 1.165) is 23.4 Å². The molecule has 28 heavy (non-hydrogen) atoms. The maximum atomic E-state index is 12.6. The fourth-order valence-electron chi connectivity index (χ4n) is 2.62. The molecular formula is C18H22N4O4S2. The maximum Gasteiger partial charge on any atom is 0.250 e. The minimum Gasteiger partial charge on any atom is -0.379 e. The van der Waals surface area contributed by atoms with Crippen molar-refractivity contribution < 1.29 is 17.9 Å². The number of amides is 1. The van der Waals surface area contributed by atoms with Crippen LogP contribution in [0.2, 0.25) is 0 Å². The highest BCUT2D eigenvalue weighted by Crippen LogP contribution is 2.19. The zero-order chi connectivity index (χ0) is 20.0. The molecule has 1 N–H and O–H groups in total. The molecule has 2 heterocycles. The number of rotatable bonds is 7. The van der Waals surface area contributed by atoms with Crippen molar-refractivity contribution in [2.45, 2.75) is 24.7 Å². The summed E-state index contributed by atoms with van der Waals surface area (Å²) in [5.41, 5.74) is 0.722. The van der Waals surface area contributed by atoms with Crippen LogP contribution in [0.5, 0.6) is 0 Å². The van der Waals surface area contributed by atoms with E-state index in [-0.39, 0.29) is 10.8 Å². The van der Waals surface area contributed by atoms with Crippen molar-refractivity contribution in [3.8, 4) is 0 Å². The summed E-state index contributed by atoms with van der Waals surface area (Å²) >= 11 is 1.36. The third-order valence-corrected chi connectivity index (χ3v) is 6.89. The van der Waals surface area contributed by atoms with E-state index in [2.05, 4.69) is 22.4 Å². The van der Waals surface area contributed by atoms with Crippen molar-refractivity contribution in [3.63, 3.8) is 0 Å². The van der Waals surface area contributed by atoms with E-state index in [1.165, 1.54) is 21.7 Å². The Labute approximate surface area is 168 Å². The fraction of sp³-hybridized carbons (Fsp3) is 0.389. The summed E-state index contributed by atoms with van der Waals surface area (Å²) in [5.74, 6) is -0.316. The number of nitrogens with one attached hydrogen (secondary N) is 1. The molecule has 0 saturated carbocycles. The summed E-state index contributed by atoms with van der Waals surface area (Å²) < 4.78 is 31.8. The Morgan fingerprint density at radius 3 is 2.64 bits per heavy atom. The van der Waals surface area contributed by atoms with Crippen LogP contribution in [0.1, 0.15) is 23.9 Å². The van der Waals surface area contributed by atoms with Crippen LogP contribution in [0.3, 0.4) is 0 Å². The predicted octanol–water partition coefficient (Wildman–Crippen LogP) is 2.16. The largest absolute Gasteiger partial charge is 0.379 e. The molecule has 1 aliphatic heterocycles. The van der Waals surface area contributed by atoms with Crippen LogP contribution in [0.4, 0.5) is 5.13 Å². The van der Waals surface area contributed by atoms with Crippen molar-refractivity contribution in [1.82, 2.24) is 14.5 Å². The number of ether oxygens (including phenoxy) is 1. The molecule has 2 aromatic rings. The van der Waals surface area contributed by atoms with Gasteiger partial charge >= 0.3 is 0 Å². The third-order valence-electron chi connectivity index (χ3n) is 4.08. The van der Waals surface area contributed by atoms with Crippen molar-refractivity contribution in [2.75, 3.05) is 31.6 Å². The van der Waals surface area contributed by atoms with Crippen LogP contribution >= 0.6 is 11.3 Å². The normalized spacial score (nSPS) is 15.8. The summed E-state index contributed by atoms with van der Waals surface area (Å²) in [6.45, 7) is 3.58. The molecule has 10 heteroatoms. The van der Waals surface area contributed by atoms with Gasteiger partial charge in [0, 0.05) is 25.6 Å². The number of morpholine rings is 1. The van der Waals surface area contributed by atoms with Gasteiger partial charge in [0.15, 0.2) is 0 Å². The molecule has 0 unspecified atom stereocenters. The molecule has 1 fully saturated rings. The highest BCUT2D eigenvalue weighted by molar-refractivity contribution is 7.89. The summed E-state index contributed by atoms with van der Waals surface area (Å²) in [7, 11) is -3.52. The topological polar surface area (TPSA) is 101 Å². The van der Waals surface area contributed by atoms with Gasteiger partial charge in [0.05, 0.1) is 18.1 Å². The summed E-state index contributed by atoms with van der Waals surface area (Å²) in [5, 5.41) is 12.0. The third kappa shape index (κ3) is 5.22. The Hall–Kier alpha value is -2.14. The lowest BCUT2D eigenvalue weighted by Gasteiger charge is -2.26. The number of hydrogen-bond donors (Lipinski definition) is 1. The van der Waals surface area contributed by atoms with E-state index in [1.54, 1.807) is 30.3 Å². The van der Waals surface area contributed by atoms with Gasteiger partial charge in [0.25, 0.3) is 0 Å². The van der Waals surface area contributed by atoms with Crippen LogP contribution in [0, 0.1) is 0 Å². The predicted molar refractivity (Wildman–Crippen MR) is 108 cm³/mol. The number of sulfonamides is 1. The van der Waals surface area contributed by atoms with Crippen LogP contribution in [-0.2, 0) is 26.0 Å². The van der Waals surface area contributed by atoms with Gasteiger partial charge in [-0.05, 0) is 30.2 Å². The van der Waals surface area contributed by atoms with Gasteiger partial charge in [-0.15, -0.1) is 10.2 Å². The Morgan fingerprint density at radius 2 is 1.96 bits per heavy atom. The molecule has 1 saturated heterocycles. The highest BCUT2D eigenvalue weighted by Gasteiger charge is 2.25. The second kappa shape index (κ2) is 9.37. The lowest BCUT2D eigenvalue weighted by atomic mass is 10.2. The smallest absolute Gasteiger partial charge is 0.250 e. The van der Waals surface area contributed by atoms with Gasteiger partial charge in [0.2, 0.25) is 21.1 Å². The van der Waals surface area contributed by atoms with Crippen molar-refractivity contribution in [3.05, 3.63) is 40.9 Å². The van der Waals surface area contributed by atoms with Gasteiger partial charge < -0.3 is 4.74 Å². The van der Waals surface area contributed by atoms with Crippen LogP contribution < -0.4 is 5.32 Å². The summed E-state index contributed by atoms with van der Waals surface area (Å²) in [6, 6.07) is 6.43. The van der Waals surface area contributed by atoms with Crippen LogP contribution in [0.15, 0.2) is 35.2 Å². The number of anilines is 1. The van der Waals surface area contributed by atoms with Gasteiger partial charge in [-0.2, -0.15) is 4.31 Å². The van der Waals surface area contributed by atoms with Crippen LogP contribution in [0.25, 0.3) is 6.08 Å². The second-order valence-electron chi connectivity index (χ2n) is 6.16. The number of carbonyl (C=O) groups is 1. The molecular weight excluding hydrogens is 400 g/mol. The first-order chi connectivity index (χ1) is 13.5. The molecule has 8 nitrogen and oxygen atoms in total. The quantitative estimate of drug-likeness (QED) is 0.686. The van der Waals surface area contributed by atoms with Gasteiger partial charge in [-0.1, -0.05) is 30.4 Å². The molecule has 150 valence electrons. The molecule has 3 rings (SSSR count). The molecule has 1 aromatic heterocycles. The molecule has 0 radical (unpaired) electrons. The molecule has 0 bridgehead atoms. The van der Waals surface area contributed by atoms with E-state index in [9.17, 15) is 13.2 Å².